The van der Waals surface area contributed by atoms with E-state index >= 15 is 0 Å². The molecular formula is C27H23F2N5O2. The first-order chi connectivity index (χ1) is 17.2. The number of alkyl halides is 2. The number of hydrogen-bond donors (Lipinski definition) is 1. The minimum Gasteiger partial charge on any atom is -0.325 e. The number of hydrazone groups is 1. The summed E-state index contributed by atoms with van der Waals surface area (Å²) in [6.07, 6.45) is 1.24. The second-order valence-corrected chi connectivity index (χ2v) is 8.46. The molecule has 0 saturated heterocycles. The monoisotopic (exact) mass is 487 g/mol. The van der Waals surface area contributed by atoms with E-state index in [4.69, 9.17) is 0 Å². The van der Waals surface area contributed by atoms with E-state index in [-0.39, 0.29) is 23.4 Å². The molecule has 0 radical (unpaired) electrons. The third kappa shape index (κ3) is 4.58. The molecule has 9 heteroatoms. The standard InChI is InChI=1S/C27H23F2N5O2/c1-4-27(28,29)19-8-5-9-20(13-19)32-25(35)23-17(3)33-34(26(23)36)21-11-10-18(15-30)22(14-21)24-16(2)7-6-12-31-24/h5-14,23H,4H2,1-3H3,(H,32,35). The van der Waals surface area contributed by atoms with Crippen LogP contribution in [0.15, 0.2) is 65.9 Å². The Hall–Kier alpha value is -4.45. The third-order valence-electron chi connectivity index (χ3n) is 6.02. The topological polar surface area (TPSA) is 98.5 Å². The number of nitriles is 1. The number of amides is 2. The van der Waals surface area contributed by atoms with Gasteiger partial charge in [-0.05, 0) is 55.8 Å². The molecule has 4 rings (SSSR count). The Morgan fingerprint density at radius 1 is 1.17 bits per heavy atom. The molecule has 1 atom stereocenters. The number of aryl methyl sites for hydroxylation is 1. The van der Waals surface area contributed by atoms with Crippen LogP contribution in [0.2, 0.25) is 0 Å². The number of pyridine rings is 1. The van der Waals surface area contributed by atoms with E-state index in [1.165, 1.54) is 31.2 Å². The summed E-state index contributed by atoms with van der Waals surface area (Å²) in [5, 5.41) is 17.5. The number of carbonyl (C=O) groups excluding carboxylic acids is 2. The van der Waals surface area contributed by atoms with Crippen molar-refractivity contribution in [3.63, 3.8) is 0 Å². The van der Waals surface area contributed by atoms with Crippen molar-refractivity contribution in [3.8, 4) is 17.3 Å². The highest BCUT2D eigenvalue weighted by molar-refractivity contribution is 6.28. The van der Waals surface area contributed by atoms with Gasteiger partial charge in [-0.1, -0.05) is 25.1 Å². The lowest BCUT2D eigenvalue weighted by molar-refractivity contribution is -0.127. The van der Waals surface area contributed by atoms with Crippen LogP contribution in [0, 0.1) is 24.2 Å². The largest absolute Gasteiger partial charge is 0.325 e. The molecule has 3 aromatic rings. The summed E-state index contributed by atoms with van der Waals surface area (Å²) in [7, 11) is 0. The van der Waals surface area contributed by atoms with E-state index in [1.54, 1.807) is 37.4 Å². The fourth-order valence-corrected chi connectivity index (χ4v) is 4.02. The van der Waals surface area contributed by atoms with Crippen LogP contribution >= 0.6 is 0 Å². The van der Waals surface area contributed by atoms with Gasteiger partial charge >= 0.3 is 0 Å². The Labute approximate surface area is 207 Å². The van der Waals surface area contributed by atoms with Crippen molar-refractivity contribution >= 4 is 28.9 Å². The third-order valence-corrected chi connectivity index (χ3v) is 6.02. The number of anilines is 2. The minimum absolute atomic E-state index is 0.163. The average molecular weight is 488 g/mol. The molecule has 1 aromatic heterocycles. The van der Waals surface area contributed by atoms with Gasteiger partial charge in [0.25, 0.3) is 11.8 Å². The van der Waals surface area contributed by atoms with Gasteiger partial charge in [-0.15, -0.1) is 0 Å². The maximum absolute atomic E-state index is 14.1. The van der Waals surface area contributed by atoms with Gasteiger partial charge in [0.05, 0.1) is 28.7 Å². The van der Waals surface area contributed by atoms with Gasteiger partial charge in [0.1, 0.15) is 0 Å². The Morgan fingerprint density at radius 3 is 2.64 bits per heavy atom. The zero-order chi connectivity index (χ0) is 26.0. The molecule has 2 amide bonds. The molecule has 0 fully saturated rings. The molecule has 1 unspecified atom stereocenters. The Bertz CT molecular complexity index is 1430. The lowest BCUT2D eigenvalue weighted by Gasteiger charge is -2.17. The number of nitrogens with zero attached hydrogens (tertiary/aromatic N) is 4. The molecule has 1 N–H and O–H groups in total. The molecule has 0 aliphatic carbocycles. The van der Waals surface area contributed by atoms with Crippen LogP contribution < -0.4 is 10.3 Å². The Kier molecular flexibility index (Phi) is 6.62. The summed E-state index contributed by atoms with van der Waals surface area (Å²) in [6.45, 7) is 4.79. The number of rotatable bonds is 6. The van der Waals surface area contributed by atoms with Crippen LogP contribution in [0.1, 0.15) is 37.0 Å². The minimum atomic E-state index is -3.03. The first-order valence-electron chi connectivity index (χ1n) is 11.3. The zero-order valence-electron chi connectivity index (χ0n) is 19.9. The summed E-state index contributed by atoms with van der Waals surface area (Å²) >= 11 is 0. The van der Waals surface area contributed by atoms with Crippen LogP contribution in [-0.4, -0.2) is 22.5 Å². The number of nitrogens with one attached hydrogen (secondary N) is 1. The number of aromatic nitrogens is 1. The van der Waals surface area contributed by atoms with Gasteiger partial charge < -0.3 is 5.32 Å². The van der Waals surface area contributed by atoms with Crippen LogP contribution in [-0.2, 0) is 15.5 Å². The first kappa shape index (κ1) is 24.7. The van der Waals surface area contributed by atoms with Gasteiger partial charge in [-0.2, -0.15) is 15.4 Å². The molecule has 2 aromatic carbocycles. The summed E-state index contributed by atoms with van der Waals surface area (Å²) in [6, 6.07) is 16.0. The number of carbonyl (C=O) groups is 2. The zero-order valence-corrected chi connectivity index (χ0v) is 19.9. The lowest BCUT2D eigenvalue weighted by Crippen LogP contribution is -2.36. The van der Waals surface area contributed by atoms with E-state index in [0.717, 1.165) is 10.6 Å². The highest BCUT2D eigenvalue weighted by Gasteiger charge is 2.40. The second kappa shape index (κ2) is 9.66. The van der Waals surface area contributed by atoms with E-state index in [9.17, 15) is 23.6 Å². The molecule has 0 spiro atoms. The predicted molar refractivity (Wildman–Crippen MR) is 132 cm³/mol. The summed E-state index contributed by atoms with van der Waals surface area (Å²) in [5.74, 6) is -5.52. The molecule has 36 heavy (non-hydrogen) atoms. The van der Waals surface area contributed by atoms with E-state index in [0.29, 0.717) is 22.5 Å². The molecule has 1 aliphatic rings. The average Bonchev–Trinajstić information content (AvgIpc) is 3.17. The maximum Gasteiger partial charge on any atom is 0.273 e. The molecule has 7 nitrogen and oxygen atoms in total. The van der Waals surface area contributed by atoms with Crippen LogP contribution in [0.5, 0.6) is 0 Å². The molecule has 0 bridgehead atoms. The highest BCUT2D eigenvalue weighted by Crippen LogP contribution is 2.34. The Balaban J connectivity index is 1.61. The smallest absolute Gasteiger partial charge is 0.273 e. The summed E-state index contributed by atoms with van der Waals surface area (Å²) < 4.78 is 28.2. The quantitative estimate of drug-likeness (QED) is 0.470. The first-order valence-corrected chi connectivity index (χ1v) is 11.3. The van der Waals surface area contributed by atoms with Gasteiger partial charge in [-0.3, -0.25) is 14.6 Å². The van der Waals surface area contributed by atoms with Crippen molar-refractivity contribution in [1.82, 2.24) is 4.98 Å². The fraction of sp³-hybridized carbons (Fsp3) is 0.222. The van der Waals surface area contributed by atoms with Crippen molar-refractivity contribution < 1.29 is 18.4 Å². The number of benzene rings is 2. The maximum atomic E-state index is 14.1. The molecule has 1 aliphatic heterocycles. The highest BCUT2D eigenvalue weighted by atomic mass is 19.3. The second-order valence-electron chi connectivity index (χ2n) is 8.46. The van der Waals surface area contributed by atoms with Crippen molar-refractivity contribution in [3.05, 3.63) is 77.5 Å². The van der Waals surface area contributed by atoms with Crippen molar-refractivity contribution in [1.29, 1.82) is 5.26 Å². The van der Waals surface area contributed by atoms with E-state index in [2.05, 4.69) is 21.5 Å². The van der Waals surface area contributed by atoms with Crippen LogP contribution in [0.25, 0.3) is 11.3 Å². The van der Waals surface area contributed by atoms with Crippen molar-refractivity contribution in [2.45, 2.75) is 33.1 Å². The lowest BCUT2D eigenvalue weighted by atomic mass is 10.00. The number of halogens is 2. The normalized spacial score (nSPS) is 15.4. The molecular weight excluding hydrogens is 464 g/mol. The summed E-state index contributed by atoms with van der Waals surface area (Å²) in [5.41, 5.74) is 2.94. The van der Waals surface area contributed by atoms with Crippen molar-refractivity contribution in [2.24, 2.45) is 11.0 Å². The molecule has 182 valence electrons. The van der Waals surface area contributed by atoms with E-state index in [1.807, 2.05) is 13.0 Å². The fourth-order valence-electron chi connectivity index (χ4n) is 4.02. The van der Waals surface area contributed by atoms with E-state index < -0.39 is 23.7 Å². The van der Waals surface area contributed by atoms with Crippen LogP contribution in [0.3, 0.4) is 0 Å². The Morgan fingerprint density at radius 2 is 1.94 bits per heavy atom. The van der Waals surface area contributed by atoms with Gasteiger partial charge in [-0.25, -0.2) is 8.78 Å². The summed E-state index contributed by atoms with van der Waals surface area (Å²) in [4.78, 5) is 30.6. The molecule has 2 heterocycles. The predicted octanol–water partition coefficient (Wildman–Crippen LogP) is 5.41. The number of hydrogen-bond acceptors (Lipinski definition) is 5. The SMILES string of the molecule is CCC(F)(F)c1cccc(NC(=O)C2C(=O)N(c3ccc(C#N)c(-c4ncccc4C)c3)N=C2C)c1. The van der Waals surface area contributed by atoms with Crippen LogP contribution in [0.4, 0.5) is 20.2 Å². The van der Waals surface area contributed by atoms with Crippen molar-refractivity contribution in [2.75, 3.05) is 10.3 Å². The van der Waals surface area contributed by atoms with Gasteiger partial charge in [0, 0.05) is 29.4 Å². The molecule has 0 saturated carbocycles. The van der Waals surface area contributed by atoms with Gasteiger partial charge in [0.2, 0.25) is 5.91 Å². The van der Waals surface area contributed by atoms with Gasteiger partial charge in [0.15, 0.2) is 5.92 Å².